The Bertz CT molecular complexity index is 687. The summed E-state index contributed by atoms with van der Waals surface area (Å²) in [6.07, 6.45) is 6.80. The number of aliphatic imine (C=N–C) groups is 1. The summed E-state index contributed by atoms with van der Waals surface area (Å²) >= 11 is 11.7. The second-order valence-corrected chi connectivity index (χ2v) is 4.62. The predicted octanol–water partition coefficient (Wildman–Crippen LogP) is 4.43. The van der Waals surface area contributed by atoms with E-state index in [1.807, 2.05) is 12.1 Å². The smallest absolute Gasteiger partial charge is 0.143 e. The van der Waals surface area contributed by atoms with Gasteiger partial charge in [0.2, 0.25) is 0 Å². The summed E-state index contributed by atoms with van der Waals surface area (Å²) in [5.41, 5.74) is 1.87. The minimum Gasteiger partial charge on any atom is -0.506 e. The van der Waals surface area contributed by atoms with Gasteiger partial charge in [0, 0.05) is 22.4 Å². The van der Waals surface area contributed by atoms with Crippen molar-refractivity contribution in [2.24, 2.45) is 4.99 Å². The van der Waals surface area contributed by atoms with Crippen molar-refractivity contribution in [1.82, 2.24) is 0 Å². The standard InChI is InChI=1S/C15H9Cl2NO/c1-2-10-4-3-5-13(6-10)18-9-11-7-12(16)8-14(17)15(11)19/h1,3-9,19H. The molecule has 0 unspecified atom stereocenters. The Morgan fingerprint density at radius 3 is 2.74 bits per heavy atom. The molecule has 2 aromatic rings. The third-order valence-electron chi connectivity index (χ3n) is 2.42. The maximum Gasteiger partial charge on any atom is 0.143 e. The molecule has 0 aliphatic rings. The van der Waals surface area contributed by atoms with Crippen molar-refractivity contribution >= 4 is 35.1 Å². The maximum absolute atomic E-state index is 9.79. The summed E-state index contributed by atoms with van der Waals surface area (Å²) < 4.78 is 0. The van der Waals surface area contributed by atoms with Gasteiger partial charge in [-0.3, -0.25) is 4.99 Å². The zero-order valence-corrected chi connectivity index (χ0v) is 11.3. The molecule has 0 spiro atoms. The van der Waals surface area contributed by atoms with E-state index < -0.39 is 0 Å². The van der Waals surface area contributed by atoms with Gasteiger partial charge in [-0.1, -0.05) is 35.2 Å². The number of hydrogen-bond donors (Lipinski definition) is 1. The normalized spacial score (nSPS) is 10.6. The molecule has 1 N–H and O–H groups in total. The van der Waals surface area contributed by atoms with Crippen LogP contribution in [0.4, 0.5) is 5.69 Å². The van der Waals surface area contributed by atoms with Crippen LogP contribution in [0.2, 0.25) is 10.0 Å². The van der Waals surface area contributed by atoms with Crippen LogP contribution in [0.1, 0.15) is 11.1 Å². The van der Waals surface area contributed by atoms with Crippen molar-refractivity contribution in [3.05, 3.63) is 57.6 Å². The number of terminal acetylenes is 1. The molecule has 0 aromatic heterocycles. The topological polar surface area (TPSA) is 32.6 Å². The highest BCUT2D eigenvalue weighted by Crippen LogP contribution is 2.30. The van der Waals surface area contributed by atoms with Crippen LogP contribution in [0.25, 0.3) is 0 Å². The minimum atomic E-state index is -0.0529. The first-order valence-electron chi connectivity index (χ1n) is 5.39. The quantitative estimate of drug-likeness (QED) is 0.644. The van der Waals surface area contributed by atoms with Gasteiger partial charge in [-0.05, 0) is 30.3 Å². The lowest BCUT2D eigenvalue weighted by Crippen LogP contribution is -1.84. The molecule has 2 nitrogen and oxygen atoms in total. The molecule has 4 heteroatoms. The molecular weight excluding hydrogens is 281 g/mol. The maximum atomic E-state index is 9.79. The summed E-state index contributed by atoms with van der Waals surface area (Å²) in [6.45, 7) is 0. The second kappa shape index (κ2) is 5.79. The van der Waals surface area contributed by atoms with E-state index in [0.717, 1.165) is 5.56 Å². The summed E-state index contributed by atoms with van der Waals surface area (Å²) in [6, 6.07) is 10.2. The fourth-order valence-electron chi connectivity index (χ4n) is 1.50. The van der Waals surface area contributed by atoms with Crippen molar-refractivity contribution in [2.45, 2.75) is 0 Å². The lowest BCUT2D eigenvalue weighted by Gasteiger charge is -2.02. The summed E-state index contributed by atoms with van der Waals surface area (Å²) in [5.74, 6) is 2.48. The molecule has 19 heavy (non-hydrogen) atoms. The van der Waals surface area contributed by atoms with Gasteiger partial charge in [0.1, 0.15) is 5.75 Å². The second-order valence-electron chi connectivity index (χ2n) is 3.78. The third-order valence-corrected chi connectivity index (χ3v) is 2.93. The number of hydrogen-bond acceptors (Lipinski definition) is 2. The first kappa shape index (κ1) is 13.5. The number of phenols is 1. The van der Waals surface area contributed by atoms with Gasteiger partial charge < -0.3 is 5.11 Å². The van der Waals surface area contributed by atoms with Crippen LogP contribution >= 0.6 is 23.2 Å². The monoisotopic (exact) mass is 289 g/mol. The Labute approximate surface area is 121 Å². The molecular formula is C15H9Cl2NO. The Hall–Kier alpha value is -1.95. The van der Waals surface area contributed by atoms with Crippen LogP contribution in [0, 0.1) is 12.3 Å². The van der Waals surface area contributed by atoms with Gasteiger partial charge in [0.25, 0.3) is 0 Å². The lowest BCUT2D eigenvalue weighted by atomic mass is 10.2. The van der Waals surface area contributed by atoms with E-state index in [9.17, 15) is 5.11 Å². The first-order valence-corrected chi connectivity index (χ1v) is 6.14. The molecule has 0 aliphatic carbocycles. The Balaban J connectivity index is 2.35. The van der Waals surface area contributed by atoms with Crippen molar-refractivity contribution in [2.75, 3.05) is 0 Å². The molecule has 0 atom stereocenters. The largest absolute Gasteiger partial charge is 0.506 e. The van der Waals surface area contributed by atoms with Gasteiger partial charge in [-0.15, -0.1) is 6.42 Å². The van der Waals surface area contributed by atoms with Gasteiger partial charge in [-0.25, -0.2) is 0 Å². The highest BCUT2D eigenvalue weighted by Gasteiger charge is 2.05. The minimum absolute atomic E-state index is 0.0529. The van der Waals surface area contributed by atoms with E-state index in [-0.39, 0.29) is 10.8 Å². The molecule has 0 saturated heterocycles. The molecule has 94 valence electrons. The van der Waals surface area contributed by atoms with E-state index in [1.54, 1.807) is 18.2 Å². The van der Waals surface area contributed by atoms with Crippen LogP contribution in [0.3, 0.4) is 0 Å². The Kier molecular flexibility index (Phi) is 4.11. The van der Waals surface area contributed by atoms with Crippen molar-refractivity contribution < 1.29 is 5.11 Å². The highest BCUT2D eigenvalue weighted by atomic mass is 35.5. The molecule has 2 aromatic carbocycles. The average molecular weight is 290 g/mol. The molecule has 0 fully saturated rings. The van der Waals surface area contributed by atoms with Crippen LogP contribution in [-0.2, 0) is 0 Å². The Morgan fingerprint density at radius 2 is 2.00 bits per heavy atom. The third kappa shape index (κ3) is 3.29. The van der Waals surface area contributed by atoms with Crippen molar-refractivity contribution in [1.29, 1.82) is 0 Å². The van der Waals surface area contributed by atoms with E-state index in [2.05, 4.69) is 10.9 Å². The lowest BCUT2D eigenvalue weighted by molar-refractivity contribution is 0.475. The summed E-state index contributed by atoms with van der Waals surface area (Å²) in [5, 5.41) is 10.4. The first-order chi connectivity index (χ1) is 9.10. The SMILES string of the molecule is C#Cc1cccc(N=Cc2cc(Cl)cc(Cl)c2O)c1. The Morgan fingerprint density at radius 1 is 1.21 bits per heavy atom. The fourth-order valence-corrected chi connectivity index (χ4v) is 2.01. The van der Waals surface area contributed by atoms with Crippen molar-refractivity contribution in [3.63, 3.8) is 0 Å². The van der Waals surface area contributed by atoms with E-state index in [0.29, 0.717) is 16.3 Å². The zero-order chi connectivity index (χ0) is 13.8. The molecule has 0 bridgehead atoms. The summed E-state index contributed by atoms with van der Waals surface area (Å²) in [7, 11) is 0. The van der Waals surface area contributed by atoms with E-state index >= 15 is 0 Å². The molecule has 0 heterocycles. The highest BCUT2D eigenvalue weighted by molar-refractivity contribution is 6.36. The fraction of sp³-hybridized carbons (Fsp3) is 0. The van der Waals surface area contributed by atoms with Crippen LogP contribution in [0.15, 0.2) is 41.4 Å². The average Bonchev–Trinajstić information content (AvgIpc) is 2.41. The predicted molar refractivity (Wildman–Crippen MR) is 79.8 cm³/mol. The van der Waals surface area contributed by atoms with Crippen LogP contribution in [-0.4, -0.2) is 11.3 Å². The van der Waals surface area contributed by atoms with Crippen LogP contribution in [0.5, 0.6) is 5.75 Å². The number of rotatable bonds is 2. The van der Waals surface area contributed by atoms with E-state index in [4.69, 9.17) is 29.6 Å². The number of halogens is 2. The van der Waals surface area contributed by atoms with Gasteiger partial charge >= 0.3 is 0 Å². The molecule has 0 aliphatic heterocycles. The molecule has 0 amide bonds. The number of phenolic OH excluding ortho intramolecular Hbond substituents is 1. The number of aromatic hydroxyl groups is 1. The van der Waals surface area contributed by atoms with E-state index in [1.165, 1.54) is 12.3 Å². The van der Waals surface area contributed by atoms with Crippen molar-refractivity contribution in [3.8, 4) is 18.1 Å². The summed E-state index contributed by atoms with van der Waals surface area (Å²) in [4.78, 5) is 4.23. The van der Waals surface area contributed by atoms with Gasteiger partial charge in [-0.2, -0.15) is 0 Å². The number of benzene rings is 2. The van der Waals surface area contributed by atoms with Crippen LogP contribution < -0.4 is 0 Å². The molecule has 0 radical (unpaired) electrons. The van der Waals surface area contributed by atoms with Gasteiger partial charge in [0.15, 0.2) is 0 Å². The molecule has 2 rings (SSSR count). The van der Waals surface area contributed by atoms with Gasteiger partial charge in [0.05, 0.1) is 10.7 Å². The number of nitrogens with zero attached hydrogens (tertiary/aromatic N) is 1. The molecule has 0 saturated carbocycles. The zero-order valence-electron chi connectivity index (χ0n) is 9.77.